The summed E-state index contributed by atoms with van der Waals surface area (Å²) in [6, 6.07) is -0.436. The van der Waals surface area contributed by atoms with Crippen molar-refractivity contribution in [1.29, 1.82) is 0 Å². The van der Waals surface area contributed by atoms with E-state index in [1.54, 1.807) is 12.5 Å². The molecule has 0 radical (unpaired) electrons. The number of hydrogen-bond donors (Lipinski definition) is 2. The fourth-order valence-electron chi connectivity index (χ4n) is 1.62. The van der Waals surface area contributed by atoms with Crippen LogP contribution in [0.1, 0.15) is 29.1 Å². The van der Waals surface area contributed by atoms with Gasteiger partial charge in [0.1, 0.15) is 12.3 Å². The predicted molar refractivity (Wildman–Crippen MR) is 61.3 cm³/mol. The summed E-state index contributed by atoms with van der Waals surface area (Å²) in [7, 11) is 0. The minimum atomic E-state index is -0.436. The summed E-state index contributed by atoms with van der Waals surface area (Å²) in [5.74, 6) is 1.43. The van der Waals surface area contributed by atoms with Gasteiger partial charge in [0.05, 0.1) is 30.4 Å². The number of oxazole rings is 1. The Bertz CT molecular complexity index is 484. The molecular weight excluding hydrogens is 220 g/mol. The number of aromatic nitrogens is 3. The van der Waals surface area contributed by atoms with Gasteiger partial charge in [0.15, 0.2) is 0 Å². The maximum absolute atomic E-state index is 9.04. The van der Waals surface area contributed by atoms with Crippen LogP contribution in [0.2, 0.25) is 0 Å². The van der Waals surface area contributed by atoms with E-state index in [1.807, 2.05) is 18.4 Å². The molecule has 17 heavy (non-hydrogen) atoms. The molecule has 0 aromatic carbocycles. The standard InChI is InChI=1S/C11H16N4O2/c1-7-8(2)17-11(14-7)4-15-6-13-3-10(15)9(12)5-16/h3,6,9,16H,4-5,12H2,1-2H3. The summed E-state index contributed by atoms with van der Waals surface area (Å²) in [6.07, 6.45) is 3.29. The zero-order chi connectivity index (χ0) is 12.4. The van der Waals surface area contributed by atoms with E-state index < -0.39 is 6.04 Å². The summed E-state index contributed by atoms with van der Waals surface area (Å²) >= 11 is 0. The Balaban J connectivity index is 2.21. The van der Waals surface area contributed by atoms with Crippen LogP contribution in [0.3, 0.4) is 0 Å². The Morgan fingerprint density at radius 3 is 2.88 bits per heavy atom. The number of nitrogens with two attached hydrogens (primary N) is 1. The summed E-state index contributed by atoms with van der Waals surface area (Å²) in [5, 5.41) is 9.04. The van der Waals surface area contributed by atoms with Crippen LogP contribution in [-0.2, 0) is 6.54 Å². The van der Waals surface area contributed by atoms with E-state index in [4.69, 9.17) is 15.3 Å². The van der Waals surface area contributed by atoms with Crippen molar-refractivity contribution in [2.75, 3.05) is 6.61 Å². The van der Waals surface area contributed by atoms with Gasteiger partial charge in [0.25, 0.3) is 0 Å². The first kappa shape index (κ1) is 11.8. The summed E-state index contributed by atoms with van der Waals surface area (Å²) < 4.78 is 7.32. The van der Waals surface area contributed by atoms with Gasteiger partial charge >= 0.3 is 0 Å². The van der Waals surface area contributed by atoms with Gasteiger partial charge in [-0.3, -0.25) is 0 Å². The average Bonchev–Trinajstić information content (AvgIpc) is 2.86. The van der Waals surface area contributed by atoms with Gasteiger partial charge in [0.2, 0.25) is 5.89 Å². The molecule has 0 saturated heterocycles. The zero-order valence-electron chi connectivity index (χ0n) is 9.92. The molecule has 92 valence electrons. The summed E-state index contributed by atoms with van der Waals surface area (Å²) in [4.78, 5) is 8.31. The summed E-state index contributed by atoms with van der Waals surface area (Å²) in [5.41, 5.74) is 7.41. The molecule has 0 bridgehead atoms. The Kier molecular flexibility index (Phi) is 3.26. The number of rotatable bonds is 4. The highest BCUT2D eigenvalue weighted by atomic mass is 16.4. The molecule has 0 aliphatic carbocycles. The van der Waals surface area contributed by atoms with Crippen molar-refractivity contribution in [2.45, 2.75) is 26.4 Å². The molecule has 1 atom stereocenters. The molecule has 0 amide bonds. The molecule has 0 saturated carbocycles. The molecule has 0 spiro atoms. The third-order valence-electron chi connectivity index (χ3n) is 2.70. The van der Waals surface area contributed by atoms with E-state index >= 15 is 0 Å². The van der Waals surface area contributed by atoms with Gasteiger partial charge in [-0.1, -0.05) is 0 Å². The first-order valence-electron chi connectivity index (χ1n) is 5.41. The van der Waals surface area contributed by atoms with Crippen LogP contribution >= 0.6 is 0 Å². The summed E-state index contributed by atoms with van der Waals surface area (Å²) in [6.45, 7) is 4.13. The quantitative estimate of drug-likeness (QED) is 0.808. The first-order chi connectivity index (χ1) is 8.11. The second-order valence-electron chi connectivity index (χ2n) is 3.98. The Morgan fingerprint density at radius 1 is 1.53 bits per heavy atom. The van der Waals surface area contributed by atoms with E-state index in [-0.39, 0.29) is 6.61 Å². The van der Waals surface area contributed by atoms with Gasteiger partial charge in [0, 0.05) is 6.20 Å². The molecule has 2 aromatic heterocycles. The van der Waals surface area contributed by atoms with Crippen molar-refractivity contribution in [3.05, 3.63) is 35.6 Å². The van der Waals surface area contributed by atoms with Gasteiger partial charge in [-0.25, -0.2) is 9.97 Å². The minimum absolute atomic E-state index is 0.116. The van der Waals surface area contributed by atoms with E-state index in [0.29, 0.717) is 12.4 Å². The topological polar surface area (TPSA) is 90.1 Å². The van der Waals surface area contributed by atoms with E-state index in [2.05, 4.69) is 9.97 Å². The number of aliphatic hydroxyl groups is 1. The zero-order valence-corrected chi connectivity index (χ0v) is 9.92. The van der Waals surface area contributed by atoms with Crippen molar-refractivity contribution in [3.63, 3.8) is 0 Å². The second kappa shape index (κ2) is 4.68. The highest BCUT2D eigenvalue weighted by molar-refractivity contribution is 5.09. The number of aliphatic hydroxyl groups excluding tert-OH is 1. The lowest BCUT2D eigenvalue weighted by molar-refractivity contribution is 0.263. The molecule has 2 aromatic rings. The fraction of sp³-hybridized carbons (Fsp3) is 0.455. The maximum atomic E-state index is 9.04. The van der Waals surface area contributed by atoms with Crippen LogP contribution in [0, 0.1) is 13.8 Å². The molecular formula is C11H16N4O2. The predicted octanol–water partition coefficient (Wildman–Crippen LogP) is 0.528. The van der Waals surface area contributed by atoms with Crippen LogP contribution in [-0.4, -0.2) is 26.2 Å². The largest absolute Gasteiger partial charge is 0.444 e. The van der Waals surface area contributed by atoms with E-state index in [1.165, 1.54) is 0 Å². The number of imidazole rings is 1. The van der Waals surface area contributed by atoms with Crippen LogP contribution < -0.4 is 5.73 Å². The lowest BCUT2D eigenvalue weighted by Crippen LogP contribution is -2.19. The molecule has 6 heteroatoms. The number of aryl methyl sites for hydroxylation is 2. The van der Waals surface area contributed by atoms with Crippen molar-refractivity contribution >= 4 is 0 Å². The maximum Gasteiger partial charge on any atom is 0.214 e. The van der Waals surface area contributed by atoms with Gasteiger partial charge in [-0.2, -0.15) is 0 Å². The Hall–Kier alpha value is -1.66. The lowest BCUT2D eigenvalue weighted by Gasteiger charge is -2.10. The van der Waals surface area contributed by atoms with E-state index in [9.17, 15) is 0 Å². The van der Waals surface area contributed by atoms with Crippen LogP contribution in [0.25, 0.3) is 0 Å². The van der Waals surface area contributed by atoms with Crippen molar-refractivity contribution in [1.82, 2.24) is 14.5 Å². The first-order valence-corrected chi connectivity index (χ1v) is 5.41. The molecule has 3 N–H and O–H groups in total. The number of nitrogens with zero attached hydrogens (tertiary/aromatic N) is 3. The third-order valence-corrected chi connectivity index (χ3v) is 2.70. The molecule has 0 aliphatic heterocycles. The molecule has 2 rings (SSSR count). The molecule has 0 aliphatic rings. The van der Waals surface area contributed by atoms with Crippen molar-refractivity contribution < 1.29 is 9.52 Å². The normalized spacial score (nSPS) is 12.9. The number of hydrogen-bond acceptors (Lipinski definition) is 5. The highest BCUT2D eigenvalue weighted by Crippen LogP contribution is 2.13. The van der Waals surface area contributed by atoms with Gasteiger partial charge < -0.3 is 19.8 Å². The van der Waals surface area contributed by atoms with Crippen molar-refractivity contribution in [3.8, 4) is 0 Å². The monoisotopic (exact) mass is 236 g/mol. The second-order valence-corrected chi connectivity index (χ2v) is 3.98. The van der Waals surface area contributed by atoms with Crippen LogP contribution in [0.5, 0.6) is 0 Å². The fourth-order valence-corrected chi connectivity index (χ4v) is 1.62. The smallest absolute Gasteiger partial charge is 0.214 e. The van der Waals surface area contributed by atoms with Crippen LogP contribution in [0.15, 0.2) is 16.9 Å². The van der Waals surface area contributed by atoms with Crippen molar-refractivity contribution in [2.24, 2.45) is 5.73 Å². The lowest BCUT2D eigenvalue weighted by atomic mass is 10.2. The SMILES string of the molecule is Cc1nc(Cn2cncc2C(N)CO)oc1C. The minimum Gasteiger partial charge on any atom is -0.444 e. The molecule has 2 heterocycles. The van der Waals surface area contributed by atoms with Gasteiger partial charge in [-0.15, -0.1) is 0 Å². The van der Waals surface area contributed by atoms with E-state index in [0.717, 1.165) is 17.1 Å². The Labute approximate surface area is 99.1 Å². The van der Waals surface area contributed by atoms with Crippen LogP contribution in [0.4, 0.5) is 0 Å². The highest BCUT2D eigenvalue weighted by Gasteiger charge is 2.13. The Morgan fingerprint density at radius 2 is 2.29 bits per heavy atom. The van der Waals surface area contributed by atoms with Gasteiger partial charge in [-0.05, 0) is 13.8 Å². The molecule has 6 nitrogen and oxygen atoms in total. The molecule has 0 fully saturated rings. The average molecular weight is 236 g/mol. The third kappa shape index (κ3) is 2.37. The molecule has 1 unspecified atom stereocenters.